The molecule has 1 nitrogen and oxygen atoms in total. The Hall–Kier alpha value is -0.500. The van der Waals surface area contributed by atoms with Crippen molar-refractivity contribution in [3.63, 3.8) is 0 Å². The van der Waals surface area contributed by atoms with Crippen LogP contribution >= 0.6 is 11.8 Å². The van der Waals surface area contributed by atoms with Crippen LogP contribution in [0.4, 0.5) is 0 Å². The van der Waals surface area contributed by atoms with Crippen LogP contribution in [-0.2, 0) is 0 Å². The fourth-order valence-corrected chi connectivity index (χ4v) is 2.36. The summed E-state index contributed by atoms with van der Waals surface area (Å²) in [6, 6.07) is 0. The van der Waals surface area contributed by atoms with Crippen molar-refractivity contribution in [3.8, 4) is 0 Å². The largest absolute Gasteiger partial charge is 0.278 e. The molecule has 0 radical (unpaired) electrons. The van der Waals surface area contributed by atoms with Crippen LogP contribution in [-0.4, -0.2) is 11.6 Å². The predicted octanol–water partition coefficient (Wildman–Crippen LogP) is 5.05. The van der Waals surface area contributed by atoms with Crippen LogP contribution in [0.1, 0.15) is 48.5 Å². The van der Waals surface area contributed by atoms with Crippen LogP contribution < -0.4 is 0 Å². The van der Waals surface area contributed by atoms with Crippen molar-refractivity contribution in [2.24, 2.45) is 10.9 Å². The molecule has 1 rings (SSSR count). The zero-order valence-corrected chi connectivity index (χ0v) is 12.5. The quantitative estimate of drug-likeness (QED) is 0.656. The van der Waals surface area contributed by atoms with Gasteiger partial charge < -0.3 is 0 Å². The Morgan fingerprint density at radius 3 is 2.38 bits per heavy atom. The van der Waals surface area contributed by atoms with Gasteiger partial charge in [0.15, 0.2) is 0 Å². The van der Waals surface area contributed by atoms with Gasteiger partial charge in [-0.3, -0.25) is 4.99 Å². The average molecular weight is 239 g/mol. The van der Waals surface area contributed by atoms with Crippen LogP contribution in [0, 0.1) is 5.92 Å². The van der Waals surface area contributed by atoms with Crippen molar-refractivity contribution in [1.82, 2.24) is 0 Å². The maximum atomic E-state index is 4.53. The molecule has 0 amide bonds. The summed E-state index contributed by atoms with van der Waals surface area (Å²) in [6.07, 6.45) is 2.26. The number of aliphatic imine (C=N–C) groups is 1. The minimum atomic E-state index is 0.606. The van der Waals surface area contributed by atoms with Gasteiger partial charge in [0.1, 0.15) is 5.04 Å². The van der Waals surface area contributed by atoms with Crippen molar-refractivity contribution in [2.75, 3.05) is 6.54 Å². The highest BCUT2D eigenvalue weighted by Gasteiger charge is 2.17. The number of hydrogen-bond donors (Lipinski definition) is 0. The molecular formula is C14H25NS. The molecule has 0 bridgehead atoms. The van der Waals surface area contributed by atoms with Crippen LogP contribution in [0.5, 0.6) is 0 Å². The van der Waals surface area contributed by atoms with Gasteiger partial charge in [-0.15, -0.1) is 0 Å². The molecule has 1 heterocycles. The molecule has 0 fully saturated rings. The van der Waals surface area contributed by atoms with E-state index >= 15 is 0 Å². The second kappa shape index (κ2) is 7.72. The highest BCUT2D eigenvalue weighted by atomic mass is 32.2. The van der Waals surface area contributed by atoms with Crippen LogP contribution in [0.25, 0.3) is 0 Å². The lowest BCUT2D eigenvalue weighted by Crippen LogP contribution is -2.00. The molecule has 1 aliphatic heterocycles. The third-order valence-electron chi connectivity index (χ3n) is 2.43. The second-order valence-corrected chi connectivity index (χ2v) is 5.12. The maximum absolute atomic E-state index is 4.53. The van der Waals surface area contributed by atoms with Crippen molar-refractivity contribution >= 4 is 16.8 Å². The number of nitrogens with zero attached hydrogens (tertiary/aromatic N) is 1. The molecule has 0 aromatic heterocycles. The fraction of sp³-hybridized carbons (Fsp3) is 0.643. The van der Waals surface area contributed by atoms with E-state index in [-0.39, 0.29) is 0 Å². The van der Waals surface area contributed by atoms with Crippen molar-refractivity contribution in [3.05, 3.63) is 22.1 Å². The number of hydrogen-bond acceptors (Lipinski definition) is 2. The summed E-state index contributed by atoms with van der Waals surface area (Å²) in [7, 11) is 0. The lowest BCUT2D eigenvalue weighted by molar-refractivity contribution is 0.766. The molecule has 16 heavy (non-hydrogen) atoms. The Morgan fingerprint density at radius 1 is 1.38 bits per heavy atom. The summed E-state index contributed by atoms with van der Waals surface area (Å²) in [6.45, 7) is 15.8. The third kappa shape index (κ3) is 4.17. The first-order valence-electron chi connectivity index (χ1n) is 6.18. The summed E-state index contributed by atoms with van der Waals surface area (Å²) in [5.74, 6) is 0.606. The van der Waals surface area contributed by atoms with E-state index in [0.29, 0.717) is 5.92 Å². The van der Waals surface area contributed by atoms with Crippen LogP contribution in [0.3, 0.4) is 0 Å². The van der Waals surface area contributed by atoms with Gasteiger partial charge in [-0.2, -0.15) is 0 Å². The average Bonchev–Trinajstić information content (AvgIpc) is 2.62. The van der Waals surface area contributed by atoms with Gasteiger partial charge in [-0.25, -0.2) is 0 Å². The first kappa shape index (κ1) is 15.5. The minimum absolute atomic E-state index is 0.606. The van der Waals surface area contributed by atoms with Crippen molar-refractivity contribution < 1.29 is 0 Å². The van der Waals surface area contributed by atoms with Crippen molar-refractivity contribution in [1.29, 1.82) is 0 Å². The molecule has 0 N–H and O–H groups in total. The van der Waals surface area contributed by atoms with Gasteiger partial charge in [0.05, 0.1) is 0 Å². The molecule has 92 valence electrons. The number of rotatable bonds is 2. The molecule has 2 heteroatoms. The highest BCUT2D eigenvalue weighted by molar-refractivity contribution is 8.18. The topological polar surface area (TPSA) is 12.4 Å². The van der Waals surface area contributed by atoms with Crippen LogP contribution in [0.2, 0.25) is 0 Å². The first-order chi connectivity index (χ1) is 7.56. The molecule has 0 aromatic rings. The predicted molar refractivity (Wildman–Crippen MR) is 78.2 cm³/mol. The molecule has 0 aliphatic carbocycles. The van der Waals surface area contributed by atoms with E-state index in [1.807, 2.05) is 13.8 Å². The lowest BCUT2D eigenvalue weighted by Gasteiger charge is -2.09. The summed E-state index contributed by atoms with van der Waals surface area (Å²) in [5, 5.41) is 1.20. The maximum Gasteiger partial charge on any atom is 0.102 e. The van der Waals surface area contributed by atoms with Gasteiger partial charge in [-0.1, -0.05) is 45.0 Å². The van der Waals surface area contributed by atoms with Gasteiger partial charge in [-0.05, 0) is 37.7 Å². The van der Waals surface area contributed by atoms with E-state index in [1.54, 1.807) is 11.8 Å². The zero-order valence-electron chi connectivity index (χ0n) is 11.7. The molecule has 0 aromatic carbocycles. The Bertz CT molecular complexity index is 309. The van der Waals surface area contributed by atoms with E-state index in [1.165, 1.54) is 21.1 Å². The number of thioether (sulfide) groups is 1. The molecular weight excluding hydrogens is 214 g/mol. The normalized spacial score (nSPS) is 20.8. The summed E-state index contributed by atoms with van der Waals surface area (Å²) in [4.78, 5) is 5.88. The van der Waals surface area contributed by atoms with Gasteiger partial charge in [0, 0.05) is 12.1 Å². The van der Waals surface area contributed by atoms with Crippen LogP contribution in [0.15, 0.2) is 27.1 Å². The number of allylic oxidation sites excluding steroid dienone is 3. The van der Waals surface area contributed by atoms with E-state index in [0.717, 1.165) is 6.54 Å². The first-order valence-corrected chi connectivity index (χ1v) is 6.99. The van der Waals surface area contributed by atoms with Gasteiger partial charge >= 0.3 is 0 Å². The standard InChI is InChI=1S/C12H19NS.C2H6/c1-6-13-12-11(7-9(4)14-12)10(5)8(2)3;1-2/h7-8H,6H2,1-5H3;1-2H3/b11-10+,13-12?;. The summed E-state index contributed by atoms with van der Waals surface area (Å²) >= 11 is 1.80. The highest BCUT2D eigenvalue weighted by Crippen LogP contribution is 2.34. The summed E-state index contributed by atoms with van der Waals surface area (Å²) in [5.41, 5.74) is 2.80. The van der Waals surface area contributed by atoms with E-state index < -0.39 is 0 Å². The molecule has 0 saturated heterocycles. The molecule has 0 atom stereocenters. The van der Waals surface area contributed by atoms with E-state index in [9.17, 15) is 0 Å². The van der Waals surface area contributed by atoms with E-state index in [2.05, 4.69) is 45.7 Å². The monoisotopic (exact) mass is 239 g/mol. The molecule has 1 aliphatic rings. The second-order valence-electron chi connectivity index (χ2n) is 3.89. The third-order valence-corrected chi connectivity index (χ3v) is 3.41. The Kier molecular flexibility index (Phi) is 7.48. The fourth-order valence-electron chi connectivity index (χ4n) is 1.36. The Morgan fingerprint density at radius 2 is 1.94 bits per heavy atom. The lowest BCUT2D eigenvalue weighted by atomic mass is 9.99. The van der Waals surface area contributed by atoms with Gasteiger partial charge in [0.2, 0.25) is 0 Å². The summed E-state index contributed by atoms with van der Waals surface area (Å²) < 4.78 is 0. The van der Waals surface area contributed by atoms with Crippen molar-refractivity contribution in [2.45, 2.75) is 48.5 Å². The van der Waals surface area contributed by atoms with E-state index in [4.69, 9.17) is 0 Å². The minimum Gasteiger partial charge on any atom is -0.278 e. The molecule has 0 spiro atoms. The molecule has 0 saturated carbocycles. The molecule has 0 unspecified atom stereocenters. The Balaban J connectivity index is 0.00000106. The zero-order chi connectivity index (χ0) is 12.7. The Labute approximate surface area is 105 Å². The van der Waals surface area contributed by atoms with Gasteiger partial charge in [0.25, 0.3) is 0 Å². The smallest absolute Gasteiger partial charge is 0.102 e. The SMILES string of the molecule is CC.CCN=C1SC(C)=C/C1=C(/C)C(C)C.